The Morgan fingerprint density at radius 3 is 2.38 bits per heavy atom. The summed E-state index contributed by atoms with van der Waals surface area (Å²) in [6.45, 7) is 0.156. The minimum absolute atomic E-state index is 0.0413. The van der Waals surface area contributed by atoms with E-state index in [4.69, 9.17) is 0 Å². The highest BCUT2D eigenvalue weighted by Gasteiger charge is 2.50. The predicted octanol–water partition coefficient (Wildman–Crippen LogP) is 1.76. The van der Waals surface area contributed by atoms with Gasteiger partial charge in [0.1, 0.15) is 5.82 Å². The molecule has 1 aliphatic rings. The smallest absolute Gasteiger partial charge is 0.370 e. The van der Waals surface area contributed by atoms with Crippen LogP contribution in [0.4, 0.5) is 19.0 Å². The number of hydrogen-bond acceptors (Lipinski definition) is 5. The summed E-state index contributed by atoms with van der Waals surface area (Å²) in [5, 5.41) is 3.07. The summed E-state index contributed by atoms with van der Waals surface area (Å²) in [6, 6.07) is 3.29. The monoisotopic (exact) mass is 394 g/mol. The van der Waals surface area contributed by atoms with Gasteiger partial charge in [0.05, 0.1) is 5.56 Å². The summed E-state index contributed by atoms with van der Waals surface area (Å²) in [7, 11) is -1.97. The average Bonchev–Trinajstić information content (AvgIpc) is 2.59. The first-order valence-corrected chi connectivity index (χ1v) is 9.44. The molecule has 26 heavy (non-hydrogen) atoms. The van der Waals surface area contributed by atoms with Crippen molar-refractivity contribution in [2.24, 2.45) is 5.92 Å². The van der Waals surface area contributed by atoms with Crippen molar-refractivity contribution in [2.75, 3.05) is 39.0 Å². The van der Waals surface area contributed by atoms with Crippen LogP contribution in [-0.2, 0) is 10.0 Å². The minimum atomic E-state index is -5.26. The molecule has 1 saturated heterocycles. The molecule has 0 aromatic carbocycles. The molecule has 0 radical (unpaired) electrons. The summed E-state index contributed by atoms with van der Waals surface area (Å²) in [6.07, 6.45) is 2.11. The molecule has 1 N–H and O–H groups in total. The van der Waals surface area contributed by atoms with Gasteiger partial charge in [-0.3, -0.25) is 4.79 Å². The highest BCUT2D eigenvalue weighted by Crippen LogP contribution is 2.30. The van der Waals surface area contributed by atoms with Crippen LogP contribution in [0.2, 0.25) is 0 Å². The standard InChI is InChI=1S/C15H21F3N4O3S/c1-21(2)14(23)12-3-4-13(20-10-12)19-9-11-5-7-22(8-6-11)26(24,25)15(16,17)18/h3-4,10-11H,5-9H2,1-2H3,(H,19,20). The summed E-state index contributed by atoms with van der Waals surface area (Å²) >= 11 is 0. The van der Waals surface area contributed by atoms with Gasteiger partial charge in [0, 0.05) is 39.9 Å². The fourth-order valence-corrected chi connectivity index (χ4v) is 3.62. The molecule has 1 fully saturated rings. The lowest BCUT2D eigenvalue weighted by Crippen LogP contribution is -2.45. The van der Waals surface area contributed by atoms with Gasteiger partial charge < -0.3 is 10.2 Å². The lowest BCUT2D eigenvalue weighted by Gasteiger charge is -2.31. The number of anilines is 1. The second-order valence-electron chi connectivity index (χ2n) is 6.31. The van der Waals surface area contributed by atoms with Crippen molar-refractivity contribution in [1.82, 2.24) is 14.2 Å². The van der Waals surface area contributed by atoms with Gasteiger partial charge in [-0.05, 0) is 30.9 Å². The molecular formula is C15H21F3N4O3S. The van der Waals surface area contributed by atoms with Crippen LogP contribution in [0, 0.1) is 5.92 Å². The third-order valence-corrected chi connectivity index (χ3v) is 5.82. The normalized spacial score (nSPS) is 17.1. The molecule has 7 nitrogen and oxygen atoms in total. The van der Waals surface area contributed by atoms with E-state index in [9.17, 15) is 26.4 Å². The van der Waals surface area contributed by atoms with Crippen molar-refractivity contribution < 1.29 is 26.4 Å². The van der Waals surface area contributed by atoms with Crippen LogP contribution in [0.5, 0.6) is 0 Å². The summed E-state index contributed by atoms with van der Waals surface area (Å²) in [5.74, 6) is 0.424. The molecule has 146 valence electrons. The number of rotatable bonds is 5. The Morgan fingerprint density at radius 1 is 1.31 bits per heavy atom. The number of carbonyl (C=O) groups is 1. The predicted molar refractivity (Wildman–Crippen MR) is 90.0 cm³/mol. The Hall–Kier alpha value is -1.88. The maximum absolute atomic E-state index is 12.5. The number of sulfonamides is 1. The largest absolute Gasteiger partial charge is 0.511 e. The minimum Gasteiger partial charge on any atom is -0.370 e. The molecule has 0 aliphatic carbocycles. The first kappa shape index (κ1) is 20.4. The Labute approximate surface area is 150 Å². The third-order valence-electron chi connectivity index (χ3n) is 4.19. The van der Waals surface area contributed by atoms with Crippen molar-refractivity contribution in [3.05, 3.63) is 23.9 Å². The van der Waals surface area contributed by atoms with Crippen LogP contribution >= 0.6 is 0 Å². The summed E-state index contributed by atoms with van der Waals surface area (Å²) < 4.78 is 60.9. The molecule has 1 aromatic rings. The number of nitrogens with zero attached hydrogens (tertiary/aromatic N) is 3. The van der Waals surface area contributed by atoms with E-state index in [2.05, 4.69) is 10.3 Å². The molecule has 0 bridgehead atoms. The zero-order chi connectivity index (χ0) is 19.5. The van der Waals surface area contributed by atoms with Gasteiger partial charge in [-0.1, -0.05) is 0 Å². The van der Waals surface area contributed by atoms with Crippen LogP contribution < -0.4 is 5.32 Å². The van der Waals surface area contributed by atoms with E-state index < -0.39 is 15.5 Å². The molecule has 0 unspecified atom stereocenters. The van der Waals surface area contributed by atoms with E-state index >= 15 is 0 Å². The van der Waals surface area contributed by atoms with Crippen LogP contribution in [0.25, 0.3) is 0 Å². The Balaban J connectivity index is 1.84. The first-order chi connectivity index (χ1) is 12.0. The van der Waals surface area contributed by atoms with Crippen molar-refractivity contribution in [3.63, 3.8) is 0 Å². The van der Waals surface area contributed by atoms with Crippen LogP contribution in [0.3, 0.4) is 0 Å². The maximum atomic E-state index is 12.5. The number of carbonyl (C=O) groups excluding carboxylic acids is 1. The average molecular weight is 394 g/mol. The van der Waals surface area contributed by atoms with Gasteiger partial charge in [-0.15, -0.1) is 0 Å². The van der Waals surface area contributed by atoms with Gasteiger partial charge in [0.2, 0.25) is 0 Å². The number of piperidine rings is 1. The summed E-state index contributed by atoms with van der Waals surface area (Å²) in [4.78, 5) is 17.4. The number of pyridine rings is 1. The van der Waals surface area contributed by atoms with E-state index in [0.717, 1.165) is 0 Å². The SMILES string of the molecule is CN(C)C(=O)c1ccc(NCC2CCN(S(=O)(=O)C(F)(F)F)CC2)nc1. The van der Waals surface area contributed by atoms with Crippen molar-refractivity contribution >= 4 is 21.7 Å². The fraction of sp³-hybridized carbons (Fsp3) is 0.600. The number of amides is 1. The molecule has 2 heterocycles. The summed E-state index contributed by atoms with van der Waals surface area (Å²) in [5.41, 5.74) is -4.81. The Morgan fingerprint density at radius 2 is 1.92 bits per heavy atom. The molecule has 0 saturated carbocycles. The number of alkyl halides is 3. The van der Waals surface area contributed by atoms with Gasteiger partial charge in [0.25, 0.3) is 5.91 Å². The van der Waals surface area contributed by atoms with E-state index in [1.165, 1.54) is 11.1 Å². The highest BCUT2D eigenvalue weighted by atomic mass is 32.2. The topological polar surface area (TPSA) is 82.6 Å². The lowest BCUT2D eigenvalue weighted by atomic mass is 9.98. The fourth-order valence-electron chi connectivity index (χ4n) is 2.63. The highest BCUT2D eigenvalue weighted by molar-refractivity contribution is 7.90. The quantitative estimate of drug-likeness (QED) is 0.823. The molecule has 1 aromatic heterocycles. The van der Waals surface area contributed by atoms with Crippen molar-refractivity contribution in [1.29, 1.82) is 0 Å². The van der Waals surface area contributed by atoms with Crippen LogP contribution in [-0.4, -0.2) is 67.8 Å². The number of aromatic nitrogens is 1. The number of nitrogens with one attached hydrogen (secondary N) is 1. The van der Waals surface area contributed by atoms with E-state index in [1.807, 2.05) is 0 Å². The second-order valence-corrected chi connectivity index (χ2v) is 8.24. The van der Waals surface area contributed by atoms with Crippen molar-refractivity contribution in [3.8, 4) is 0 Å². The Kier molecular flexibility index (Phi) is 6.12. The van der Waals surface area contributed by atoms with Gasteiger partial charge in [0.15, 0.2) is 0 Å². The molecule has 1 aliphatic heterocycles. The van der Waals surface area contributed by atoms with E-state index in [1.54, 1.807) is 26.2 Å². The van der Waals surface area contributed by atoms with Gasteiger partial charge in [-0.2, -0.15) is 17.5 Å². The van der Waals surface area contributed by atoms with Gasteiger partial charge >= 0.3 is 15.5 Å². The number of halogens is 3. The molecule has 0 atom stereocenters. The Bertz CT molecular complexity index is 727. The third kappa shape index (κ3) is 4.64. The lowest BCUT2D eigenvalue weighted by molar-refractivity contribution is -0.0496. The van der Waals surface area contributed by atoms with Gasteiger partial charge in [-0.25, -0.2) is 13.4 Å². The molecule has 2 rings (SSSR count). The zero-order valence-electron chi connectivity index (χ0n) is 14.5. The van der Waals surface area contributed by atoms with Crippen LogP contribution in [0.1, 0.15) is 23.2 Å². The van der Waals surface area contributed by atoms with Crippen molar-refractivity contribution in [2.45, 2.75) is 18.3 Å². The molecule has 1 amide bonds. The second kappa shape index (κ2) is 7.78. The molecular weight excluding hydrogens is 373 g/mol. The van der Waals surface area contributed by atoms with E-state index in [0.29, 0.717) is 35.1 Å². The first-order valence-electron chi connectivity index (χ1n) is 8.00. The van der Waals surface area contributed by atoms with Crippen LogP contribution in [0.15, 0.2) is 18.3 Å². The molecule has 0 spiro atoms. The van der Waals surface area contributed by atoms with E-state index in [-0.39, 0.29) is 24.9 Å². The maximum Gasteiger partial charge on any atom is 0.511 e. The molecule has 11 heteroatoms. The zero-order valence-corrected chi connectivity index (χ0v) is 15.3. The number of hydrogen-bond donors (Lipinski definition) is 1.